The van der Waals surface area contributed by atoms with Crippen molar-refractivity contribution in [1.29, 1.82) is 0 Å². The number of carbonyl (C=O) groups excluding carboxylic acids is 1. The van der Waals surface area contributed by atoms with Gasteiger partial charge in [-0.15, -0.1) is 0 Å². The van der Waals surface area contributed by atoms with Crippen LogP contribution in [0.5, 0.6) is 0 Å². The number of likely N-dealkylation sites (tertiary alicyclic amines) is 1. The number of halogens is 2. The van der Waals surface area contributed by atoms with E-state index in [-0.39, 0.29) is 5.91 Å². The summed E-state index contributed by atoms with van der Waals surface area (Å²) in [4.78, 5) is 21.8. The monoisotopic (exact) mass is 433 g/mol. The maximum absolute atomic E-state index is 13.1. The summed E-state index contributed by atoms with van der Waals surface area (Å²) < 4.78 is 1.10. The highest BCUT2D eigenvalue weighted by Gasteiger charge is 2.27. The Balaban J connectivity index is 1.65. The largest absolute Gasteiger partial charge is 0.351 e. The fourth-order valence-corrected chi connectivity index (χ4v) is 4.66. The lowest BCUT2D eigenvalue weighted by Gasteiger charge is -2.33. The third-order valence-corrected chi connectivity index (χ3v) is 6.35. The molecule has 6 heteroatoms. The van der Waals surface area contributed by atoms with Crippen molar-refractivity contribution in [3.05, 3.63) is 56.6 Å². The molecule has 4 rings (SSSR count). The summed E-state index contributed by atoms with van der Waals surface area (Å²) in [5.41, 5.74) is 3.08. The predicted molar refractivity (Wildman–Crippen MR) is 108 cm³/mol. The molecule has 2 aliphatic heterocycles. The molecule has 0 atom stereocenters. The number of piperidine rings is 1. The zero-order chi connectivity index (χ0) is 18.1. The van der Waals surface area contributed by atoms with Gasteiger partial charge in [0.25, 0.3) is 5.91 Å². The number of benzene rings is 1. The van der Waals surface area contributed by atoms with Crippen LogP contribution in [0.2, 0.25) is 5.02 Å². The molecule has 136 valence electrons. The summed E-state index contributed by atoms with van der Waals surface area (Å²) >= 11 is 10.1. The number of nitrogens with zero attached hydrogens (tertiary/aromatic N) is 3. The molecule has 0 N–H and O–H groups in total. The van der Waals surface area contributed by atoms with Gasteiger partial charge in [-0.1, -0.05) is 27.5 Å². The van der Waals surface area contributed by atoms with Crippen LogP contribution in [0.1, 0.15) is 40.7 Å². The first-order valence-corrected chi connectivity index (χ1v) is 10.3. The molecule has 1 amide bonds. The molecule has 0 saturated carbocycles. The van der Waals surface area contributed by atoms with Gasteiger partial charge in [0.2, 0.25) is 0 Å². The van der Waals surface area contributed by atoms with E-state index in [1.165, 1.54) is 12.0 Å². The zero-order valence-electron chi connectivity index (χ0n) is 14.5. The summed E-state index contributed by atoms with van der Waals surface area (Å²) in [7, 11) is 0. The van der Waals surface area contributed by atoms with E-state index in [0.29, 0.717) is 12.1 Å². The molecule has 1 fully saturated rings. The first-order chi connectivity index (χ1) is 12.6. The molecule has 2 aromatic rings. The maximum atomic E-state index is 13.1. The lowest BCUT2D eigenvalue weighted by molar-refractivity contribution is 0.0724. The number of amides is 1. The minimum atomic E-state index is 0.0962. The van der Waals surface area contributed by atoms with E-state index in [1.54, 1.807) is 6.20 Å². The first-order valence-electron chi connectivity index (χ1n) is 9.10. The van der Waals surface area contributed by atoms with Gasteiger partial charge in [0.15, 0.2) is 0 Å². The molecule has 2 aliphatic rings. The summed E-state index contributed by atoms with van der Waals surface area (Å²) in [6.07, 6.45) is 6.02. The molecular weight excluding hydrogens is 414 g/mol. The first kappa shape index (κ1) is 17.8. The Kier molecular flexibility index (Phi) is 5.18. The van der Waals surface area contributed by atoms with Crippen molar-refractivity contribution in [2.24, 2.45) is 0 Å². The Bertz CT molecular complexity index is 836. The summed E-state index contributed by atoms with van der Waals surface area (Å²) in [5, 5.41) is 0.771. The molecule has 26 heavy (non-hydrogen) atoms. The topological polar surface area (TPSA) is 36.4 Å². The number of fused-ring (bicyclic) bond motifs is 1. The third kappa shape index (κ3) is 3.35. The van der Waals surface area contributed by atoms with Crippen LogP contribution in [0, 0.1) is 0 Å². The smallest absolute Gasteiger partial charge is 0.257 e. The van der Waals surface area contributed by atoms with Crippen LogP contribution >= 0.6 is 27.5 Å². The van der Waals surface area contributed by atoms with Gasteiger partial charge in [0.05, 0.1) is 5.56 Å². The van der Waals surface area contributed by atoms with Gasteiger partial charge in [-0.05, 0) is 61.1 Å². The van der Waals surface area contributed by atoms with E-state index in [9.17, 15) is 4.79 Å². The van der Waals surface area contributed by atoms with Gasteiger partial charge in [0, 0.05) is 41.9 Å². The number of hydrogen-bond acceptors (Lipinski definition) is 3. The van der Waals surface area contributed by atoms with Gasteiger partial charge >= 0.3 is 0 Å². The van der Waals surface area contributed by atoms with Crippen LogP contribution in [0.15, 0.2) is 34.9 Å². The third-order valence-electron chi connectivity index (χ3n) is 5.26. The Morgan fingerprint density at radius 3 is 2.69 bits per heavy atom. The second-order valence-electron chi connectivity index (χ2n) is 6.89. The number of pyridine rings is 1. The lowest BCUT2D eigenvalue weighted by Crippen LogP contribution is -2.38. The predicted octanol–water partition coefficient (Wildman–Crippen LogP) is 4.69. The highest BCUT2D eigenvalue weighted by molar-refractivity contribution is 9.10. The zero-order valence-corrected chi connectivity index (χ0v) is 16.9. The van der Waals surface area contributed by atoms with Crippen LogP contribution in [0.4, 0.5) is 5.82 Å². The SMILES string of the molecule is O=C(c1cccnc1N1CCc2c(Br)ccc(Cl)c2C1)N1CCCCC1. The van der Waals surface area contributed by atoms with Crippen molar-refractivity contribution in [1.82, 2.24) is 9.88 Å². The Labute approximate surface area is 167 Å². The van der Waals surface area contributed by atoms with Gasteiger partial charge in [-0.2, -0.15) is 0 Å². The lowest BCUT2D eigenvalue weighted by atomic mass is 9.99. The van der Waals surface area contributed by atoms with Gasteiger partial charge in [-0.3, -0.25) is 4.79 Å². The standard InChI is InChI=1S/C20H21BrClN3O/c21-17-6-7-18(22)16-13-25(12-8-14(16)17)19-15(5-4-9-23-19)20(26)24-10-2-1-3-11-24/h4-7,9H,1-3,8,10-13H2. The molecule has 0 spiro atoms. The van der Waals surface area contributed by atoms with Crippen LogP contribution in [-0.2, 0) is 13.0 Å². The average Bonchev–Trinajstić information content (AvgIpc) is 2.71. The highest BCUT2D eigenvalue weighted by atomic mass is 79.9. The van der Waals surface area contributed by atoms with Crippen LogP contribution in [-0.4, -0.2) is 35.4 Å². The molecule has 1 aromatic carbocycles. The van der Waals surface area contributed by atoms with E-state index < -0.39 is 0 Å². The Morgan fingerprint density at radius 2 is 1.88 bits per heavy atom. The fourth-order valence-electron chi connectivity index (χ4n) is 3.86. The molecule has 1 aromatic heterocycles. The van der Waals surface area contributed by atoms with Crippen LogP contribution < -0.4 is 4.90 Å². The fraction of sp³-hybridized carbons (Fsp3) is 0.400. The normalized spacial score (nSPS) is 17.2. The molecule has 0 aliphatic carbocycles. The Hall–Kier alpha value is -1.59. The second-order valence-corrected chi connectivity index (χ2v) is 8.15. The van der Waals surface area contributed by atoms with Crippen molar-refractivity contribution in [2.45, 2.75) is 32.2 Å². The van der Waals surface area contributed by atoms with Crippen molar-refractivity contribution >= 4 is 39.3 Å². The Morgan fingerprint density at radius 1 is 1.08 bits per heavy atom. The molecule has 1 saturated heterocycles. The minimum Gasteiger partial charge on any atom is -0.351 e. The van der Waals surface area contributed by atoms with Crippen molar-refractivity contribution in [3.8, 4) is 0 Å². The van der Waals surface area contributed by atoms with E-state index >= 15 is 0 Å². The van der Waals surface area contributed by atoms with E-state index in [2.05, 4.69) is 25.8 Å². The minimum absolute atomic E-state index is 0.0962. The van der Waals surface area contributed by atoms with E-state index in [1.807, 2.05) is 29.2 Å². The molecule has 3 heterocycles. The van der Waals surface area contributed by atoms with Gasteiger partial charge in [0.1, 0.15) is 5.82 Å². The van der Waals surface area contributed by atoms with Crippen molar-refractivity contribution < 1.29 is 4.79 Å². The number of aromatic nitrogens is 1. The molecule has 0 bridgehead atoms. The summed E-state index contributed by atoms with van der Waals surface area (Å²) in [6, 6.07) is 7.68. The highest BCUT2D eigenvalue weighted by Crippen LogP contribution is 2.34. The number of anilines is 1. The van der Waals surface area contributed by atoms with Gasteiger partial charge < -0.3 is 9.80 Å². The van der Waals surface area contributed by atoms with Crippen molar-refractivity contribution in [3.63, 3.8) is 0 Å². The summed E-state index contributed by atoms with van der Waals surface area (Å²) in [5.74, 6) is 0.865. The van der Waals surface area contributed by atoms with Crippen LogP contribution in [0.25, 0.3) is 0 Å². The maximum Gasteiger partial charge on any atom is 0.257 e. The van der Waals surface area contributed by atoms with Crippen molar-refractivity contribution in [2.75, 3.05) is 24.5 Å². The number of rotatable bonds is 2. The summed E-state index contributed by atoms with van der Waals surface area (Å²) in [6.45, 7) is 3.18. The van der Waals surface area contributed by atoms with Gasteiger partial charge in [-0.25, -0.2) is 4.98 Å². The number of carbonyl (C=O) groups is 1. The van der Waals surface area contributed by atoms with E-state index in [4.69, 9.17) is 11.6 Å². The molecule has 0 unspecified atom stereocenters. The van der Waals surface area contributed by atoms with Crippen LogP contribution in [0.3, 0.4) is 0 Å². The average molecular weight is 435 g/mol. The number of hydrogen-bond donors (Lipinski definition) is 0. The molecular formula is C20H21BrClN3O. The molecule has 4 nitrogen and oxygen atoms in total. The quantitative estimate of drug-likeness (QED) is 0.688. The molecule has 0 radical (unpaired) electrons. The van der Waals surface area contributed by atoms with E-state index in [0.717, 1.165) is 59.8 Å². The second kappa shape index (κ2) is 7.57.